The fraction of sp³-hybridized carbons (Fsp3) is 0.143. The van der Waals surface area contributed by atoms with E-state index in [1.165, 1.54) is 0 Å². The number of nitrogens with one attached hydrogen (secondary N) is 2. The van der Waals surface area contributed by atoms with Crippen molar-refractivity contribution in [3.63, 3.8) is 0 Å². The predicted molar refractivity (Wildman–Crippen MR) is 133 cm³/mol. The van der Waals surface area contributed by atoms with Gasteiger partial charge in [-0.2, -0.15) is 0 Å². The van der Waals surface area contributed by atoms with Gasteiger partial charge in [-0.1, -0.05) is 36.4 Å². The summed E-state index contributed by atoms with van der Waals surface area (Å²) in [5.74, 6) is -0.280. The number of aromatic nitrogens is 2. The van der Waals surface area contributed by atoms with E-state index in [9.17, 15) is 9.59 Å². The Morgan fingerprint density at radius 3 is 1.50 bits per heavy atom. The summed E-state index contributed by atoms with van der Waals surface area (Å²) < 4.78 is 0. The quantitative estimate of drug-likeness (QED) is 0.362. The standard InChI is InChI=1S/C28H24N4O2/c33-27-21-9-5-11-23(31-17-13-19-7-1-3-15-29-19)25(21)28(34)26-22(27)10-6-12-24(26)32-18-14-20-8-2-4-16-30-20/h1-12,15-16,31-32H,13-14,17-18H2. The first-order valence-electron chi connectivity index (χ1n) is 11.4. The first-order valence-corrected chi connectivity index (χ1v) is 11.4. The molecule has 1 aliphatic carbocycles. The van der Waals surface area contributed by atoms with Crippen molar-refractivity contribution in [1.82, 2.24) is 9.97 Å². The number of pyridine rings is 2. The van der Waals surface area contributed by atoms with Crippen LogP contribution in [0.2, 0.25) is 0 Å². The van der Waals surface area contributed by atoms with E-state index in [-0.39, 0.29) is 11.6 Å². The van der Waals surface area contributed by atoms with E-state index in [1.807, 2.05) is 60.7 Å². The van der Waals surface area contributed by atoms with Crippen LogP contribution in [0.25, 0.3) is 0 Å². The van der Waals surface area contributed by atoms with Gasteiger partial charge in [0.1, 0.15) is 0 Å². The second-order valence-corrected chi connectivity index (χ2v) is 8.11. The third kappa shape index (κ3) is 4.30. The fourth-order valence-electron chi connectivity index (χ4n) is 4.28. The lowest BCUT2D eigenvalue weighted by Gasteiger charge is -2.23. The second kappa shape index (κ2) is 9.67. The zero-order chi connectivity index (χ0) is 23.3. The SMILES string of the molecule is O=C1c2cccc(NCCc3ccccn3)c2C(=O)c2c(NCCc3ccccn3)cccc21. The molecule has 2 N–H and O–H groups in total. The molecule has 0 amide bonds. The van der Waals surface area contributed by atoms with E-state index < -0.39 is 0 Å². The van der Waals surface area contributed by atoms with Gasteiger partial charge in [-0.3, -0.25) is 19.6 Å². The zero-order valence-electron chi connectivity index (χ0n) is 18.6. The maximum atomic E-state index is 13.7. The van der Waals surface area contributed by atoms with Gasteiger partial charge in [0.15, 0.2) is 11.6 Å². The topological polar surface area (TPSA) is 84.0 Å². The van der Waals surface area contributed by atoms with Gasteiger partial charge >= 0.3 is 0 Å². The summed E-state index contributed by atoms with van der Waals surface area (Å²) in [6, 6.07) is 22.4. The van der Waals surface area contributed by atoms with Crippen LogP contribution in [0.3, 0.4) is 0 Å². The number of anilines is 2. The number of ketones is 2. The maximum Gasteiger partial charge on any atom is 0.198 e. The third-order valence-electron chi connectivity index (χ3n) is 5.92. The molecule has 0 fully saturated rings. The van der Waals surface area contributed by atoms with Crippen molar-refractivity contribution in [3.05, 3.63) is 119 Å². The van der Waals surface area contributed by atoms with E-state index in [2.05, 4.69) is 20.6 Å². The Morgan fingerprint density at radius 1 is 0.559 bits per heavy atom. The Balaban J connectivity index is 1.39. The third-order valence-corrected chi connectivity index (χ3v) is 5.92. The summed E-state index contributed by atoms with van der Waals surface area (Å²) >= 11 is 0. The van der Waals surface area contributed by atoms with Crippen molar-refractivity contribution in [2.45, 2.75) is 12.8 Å². The highest BCUT2D eigenvalue weighted by Crippen LogP contribution is 2.35. The molecule has 2 aromatic carbocycles. The number of carbonyl (C=O) groups is 2. The molecule has 5 rings (SSSR count). The molecule has 0 atom stereocenters. The molecule has 0 saturated carbocycles. The van der Waals surface area contributed by atoms with E-state index >= 15 is 0 Å². The Kier molecular flexibility index (Phi) is 6.12. The molecule has 1 aliphatic rings. The molecule has 2 heterocycles. The van der Waals surface area contributed by atoms with Gasteiger partial charge in [0, 0.05) is 72.2 Å². The van der Waals surface area contributed by atoms with Crippen LogP contribution in [-0.2, 0) is 12.8 Å². The molecule has 0 unspecified atom stereocenters. The Bertz CT molecular complexity index is 1240. The molecule has 34 heavy (non-hydrogen) atoms. The Morgan fingerprint density at radius 2 is 1.06 bits per heavy atom. The van der Waals surface area contributed by atoms with Crippen molar-refractivity contribution >= 4 is 22.9 Å². The number of carbonyl (C=O) groups excluding carboxylic acids is 2. The van der Waals surface area contributed by atoms with Crippen molar-refractivity contribution in [2.24, 2.45) is 0 Å². The molecule has 6 nitrogen and oxygen atoms in total. The van der Waals surface area contributed by atoms with E-state index in [0.717, 1.165) is 11.4 Å². The van der Waals surface area contributed by atoms with Gasteiger partial charge in [0.2, 0.25) is 0 Å². The summed E-state index contributed by atoms with van der Waals surface area (Å²) in [5, 5.41) is 6.69. The van der Waals surface area contributed by atoms with Crippen molar-refractivity contribution in [3.8, 4) is 0 Å². The van der Waals surface area contributed by atoms with E-state index in [1.54, 1.807) is 24.5 Å². The van der Waals surface area contributed by atoms with Gasteiger partial charge < -0.3 is 10.6 Å². The number of rotatable bonds is 8. The normalized spacial score (nSPS) is 12.1. The average Bonchev–Trinajstić information content (AvgIpc) is 2.88. The van der Waals surface area contributed by atoms with Crippen LogP contribution in [-0.4, -0.2) is 34.6 Å². The Hall–Kier alpha value is -4.32. The Labute approximate surface area is 198 Å². The molecular weight excluding hydrogens is 424 g/mol. The van der Waals surface area contributed by atoms with E-state index in [0.29, 0.717) is 59.6 Å². The maximum absolute atomic E-state index is 13.7. The van der Waals surface area contributed by atoms with Gasteiger partial charge in [0.25, 0.3) is 0 Å². The first kappa shape index (κ1) is 21.5. The summed E-state index contributed by atoms with van der Waals surface area (Å²) in [5.41, 5.74) is 5.00. The summed E-state index contributed by atoms with van der Waals surface area (Å²) in [7, 11) is 0. The molecule has 4 aromatic rings. The summed E-state index contributed by atoms with van der Waals surface area (Å²) in [6.07, 6.45) is 4.95. The van der Waals surface area contributed by atoms with Crippen LogP contribution in [0.15, 0.2) is 85.2 Å². The first-order chi connectivity index (χ1) is 16.7. The number of nitrogens with zero attached hydrogens (tertiary/aromatic N) is 2. The highest BCUT2D eigenvalue weighted by Gasteiger charge is 2.33. The van der Waals surface area contributed by atoms with Crippen LogP contribution in [0, 0.1) is 0 Å². The van der Waals surface area contributed by atoms with Crippen molar-refractivity contribution in [2.75, 3.05) is 23.7 Å². The smallest absolute Gasteiger partial charge is 0.198 e. The lowest BCUT2D eigenvalue weighted by Crippen LogP contribution is -2.24. The molecule has 0 saturated heterocycles. The van der Waals surface area contributed by atoms with Gasteiger partial charge in [0.05, 0.1) is 11.1 Å². The van der Waals surface area contributed by atoms with E-state index in [4.69, 9.17) is 0 Å². The number of benzene rings is 2. The second-order valence-electron chi connectivity index (χ2n) is 8.11. The largest absolute Gasteiger partial charge is 0.384 e. The number of hydrogen-bond donors (Lipinski definition) is 2. The lowest BCUT2D eigenvalue weighted by molar-refractivity contribution is 0.0980. The average molecular weight is 449 g/mol. The molecule has 6 heteroatoms. The van der Waals surface area contributed by atoms with Crippen LogP contribution in [0.5, 0.6) is 0 Å². The number of hydrogen-bond acceptors (Lipinski definition) is 6. The highest BCUT2D eigenvalue weighted by molar-refractivity contribution is 6.31. The van der Waals surface area contributed by atoms with Crippen LogP contribution in [0.1, 0.15) is 43.2 Å². The molecule has 168 valence electrons. The summed E-state index contributed by atoms with van der Waals surface area (Å²) in [6.45, 7) is 1.21. The van der Waals surface area contributed by atoms with Gasteiger partial charge in [-0.25, -0.2) is 0 Å². The molecule has 0 radical (unpaired) electrons. The van der Waals surface area contributed by atoms with Gasteiger partial charge in [-0.15, -0.1) is 0 Å². The molecule has 0 spiro atoms. The predicted octanol–water partition coefficient (Wildman–Crippen LogP) is 4.56. The van der Waals surface area contributed by atoms with Crippen molar-refractivity contribution < 1.29 is 9.59 Å². The lowest BCUT2D eigenvalue weighted by atomic mass is 9.82. The van der Waals surface area contributed by atoms with Crippen LogP contribution >= 0.6 is 0 Å². The minimum absolute atomic E-state index is 0.133. The molecular formula is C28H24N4O2. The molecule has 0 bridgehead atoms. The monoisotopic (exact) mass is 448 g/mol. The zero-order valence-corrected chi connectivity index (χ0v) is 18.6. The fourth-order valence-corrected chi connectivity index (χ4v) is 4.28. The minimum atomic E-state index is -0.147. The molecule has 0 aliphatic heterocycles. The van der Waals surface area contributed by atoms with Crippen LogP contribution < -0.4 is 10.6 Å². The minimum Gasteiger partial charge on any atom is -0.384 e. The summed E-state index contributed by atoms with van der Waals surface area (Å²) in [4.78, 5) is 35.7. The highest BCUT2D eigenvalue weighted by atomic mass is 16.1. The van der Waals surface area contributed by atoms with Crippen LogP contribution in [0.4, 0.5) is 11.4 Å². The van der Waals surface area contributed by atoms with Crippen molar-refractivity contribution in [1.29, 1.82) is 0 Å². The number of fused-ring (bicyclic) bond motifs is 2. The van der Waals surface area contributed by atoms with Gasteiger partial charge in [-0.05, 0) is 36.4 Å². The molecule has 2 aromatic heterocycles.